The number of carbonyl (C=O) groups excluding carboxylic acids is 1. The van der Waals surface area contributed by atoms with Crippen molar-refractivity contribution in [3.05, 3.63) is 59.0 Å². The molecule has 2 aromatic carbocycles. The lowest BCUT2D eigenvalue weighted by molar-refractivity contribution is -0.139. The maximum Gasteiger partial charge on any atom is 0.341 e. The number of aromatic hydroxyl groups is 1. The molecule has 8 heteroatoms. The number of nitrogens with zero attached hydrogens (tertiary/aromatic N) is 2. The van der Waals surface area contributed by atoms with E-state index in [-0.39, 0.29) is 11.7 Å². The summed E-state index contributed by atoms with van der Waals surface area (Å²) in [6, 6.07) is 13.4. The number of carboxylic acids is 1. The van der Waals surface area contributed by atoms with Gasteiger partial charge in [-0.3, -0.25) is 4.79 Å². The Labute approximate surface area is 159 Å². The van der Waals surface area contributed by atoms with Gasteiger partial charge in [0, 0.05) is 18.3 Å². The summed E-state index contributed by atoms with van der Waals surface area (Å²) in [5.74, 6) is -0.928. The number of amidine groups is 1. The molecule has 7 nitrogen and oxygen atoms in total. The maximum atomic E-state index is 12.3. The number of anilines is 1. The molecule has 0 atom stereocenters. The molecule has 0 aliphatic carbocycles. The Balaban J connectivity index is 1.79. The van der Waals surface area contributed by atoms with Gasteiger partial charge in [-0.1, -0.05) is 18.2 Å². The standard InChI is InChI=1S/C19H16N2O5S/c1-21(13-6-8-14(22)9-7-13)19-20-18(25)16(27-19)10-12-4-2-3-5-15(12)26-11-17(23)24/h2-10,22H,11H2,1H3,(H,23,24)/b16-10-. The first-order chi connectivity index (χ1) is 12.9. The monoisotopic (exact) mass is 384 g/mol. The van der Waals surface area contributed by atoms with Gasteiger partial charge in [-0.25, -0.2) is 4.79 Å². The van der Waals surface area contributed by atoms with Crippen molar-refractivity contribution in [3.63, 3.8) is 0 Å². The minimum absolute atomic E-state index is 0.155. The first-order valence-electron chi connectivity index (χ1n) is 7.93. The van der Waals surface area contributed by atoms with Crippen LogP contribution in [-0.2, 0) is 9.59 Å². The van der Waals surface area contributed by atoms with Crippen LogP contribution in [0.5, 0.6) is 11.5 Å². The third-order valence-electron chi connectivity index (χ3n) is 3.69. The van der Waals surface area contributed by atoms with Crippen LogP contribution in [0.3, 0.4) is 0 Å². The van der Waals surface area contributed by atoms with Crippen LogP contribution in [0, 0.1) is 0 Å². The number of rotatable bonds is 5. The number of phenolic OH excluding ortho intramolecular Hbond substituents is 1. The molecule has 27 heavy (non-hydrogen) atoms. The van der Waals surface area contributed by atoms with E-state index in [0.717, 1.165) is 5.69 Å². The molecular weight excluding hydrogens is 368 g/mol. The minimum atomic E-state index is -1.08. The average molecular weight is 384 g/mol. The predicted molar refractivity (Wildman–Crippen MR) is 104 cm³/mol. The number of amides is 1. The van der Waals surface area contributed by atoms with Crippen molar-refractivity contribution in [2.75, 3.05) is 18.6 Å². The quantitative estimate of drug-likeness (QED) is 0.765. The van der Waals surface area contributed by atoms with E-state index in [1.165, 1.54) is 11.8 Å². The summed E-state index contributed by atoms with van der Waals surface area (Å²) in [5.41, 5.74) is 1.37. The van der Waals surface area contributed by atoms with E-state index in [1.54, 1.807) is 66.6 Å². The van der Waals surface area contributed by atoms with Crippen molar-refractivity contribution in [1.29, 1.82) is 0 Å². The lowest BCUT2D eigenvalue weighted by atomic mass is 10.2. The van der Waals surface area contributed by atoms with Crippen molar-refractivity contribution in [3.8, 4) is 11.5 Å². The van der Waals surface area contributed by atoms with Crippen LogP contribution in [0.15, 0.2) is 58.4 Å². The third kappa shape index (κ3) is 4.48. The number of para-hydroxylation sites is 1. The van der Waals surface area contributed by atoms with Crippen molar-refractivity contribution in [2.24, 2.45) is 4.99 Å². The number of carboxylic acid groups (broad SMARTS) is 1. The molecule has 0 unspecified atom stereocenters. The number of thioether (sulfide) groups is 1. The third-order valence-corrected chi connectivity index (χ3v) is 4.75. The van der Waals surface area contributed by atoms with Crippen molar-refractivity contribution >= 4 is 40.6 Å². The van der Waals surface area contributed by atoms with Crippen LogP contribution in [0.25, 0.3) is 6.08 Å². The normalized spacial score (nSPS) is 14.9. The second kappa shape index (κ2) is 7.96. The molecule has 0 spiro atoms. The maximum absolute atomic E-state index is 12.3. The smallest absolute Gasteiger partial charge is 0.341 e. The summed E-state index contributed by atoms with van der Waals surface area (Å²) < 4.78 is 5.26. The Kier molecular flexibility index (Phi) is 5.46. The van der Waals surface area contributed by atoms with Crippen LogP contribution < -0.4 is 9.64 Å². The number of ether oxygens (including phenoxy) is 1. The summed E-state index contributed by atoms with van der Waals surface area (Å²) in [7, 11) is 1.78. The highest BCUT2D eigenvalue weighted by atomic mass is 32.2. The molecule has 1 heterocycles. The van der Waals surface area contributed by atoms with Gasteiger partial charge in [-0.2, -0.15) is 4.99 Å². The highest BCUT2D eigenvalue weighted by Crippen LogP contribution is 2.33. The van der Waals surface area contributed by atoms with E-state index in [4.69, 9.17) is 9.84 Å². The molecule has 1 aliphatic rings. The van der Waals surface area contributed by atoms with E-state index in [2.05, 4.69) is 4.99 Å². The lowest BCUT2D eigenvalue weighted by Crippen LogP contribution is -2.21. The second-order valence-corrected chi connectivity index (χ2v) is 6.61. The number of carbonyl (C=O) groups is 2. The molecule has 2 aromatic rings. The van der Waals surface area contributed by atoms with Crippen LogP contribution in [-0.4, -0.2) is 40.9 Å². The van der Waals surface area contributed by atoms with Gasteiger partial charge in [-0.15, -0.1) is 0 Å². The number of aliphatic imine (C=N–C) groups is 1. The Morgan fingerprint density at radius 3 is 2.63 bits per heavy atom. The second-order valence-electron chi connectivity index (χ2n) is 5.61. The summed E-state index contributed by atoms with van der Waals surface area (Å²) in [6.45, 7) is -0.466. The zero-order valence-electron chi connectivity index (χ0n) is 14.3. The Hall–Kier alpha value is -3.26. The SMILES string of the molecule is CN(C1=NC(=O)/C(=C/c2ccccc2OCC(=O)O)S1)c1ccc(O)cc1. The van der Waals surface area contributed by atoms with Crippen molar-refractivity contribution < 1.29 is 24.5 Å². The Morgan fingerprint density at radius 1 is 1.22 bits per heavy atom. The lowest BCUT2D eigenvalue weighted by Gasteiger charge is -2.17. The van der Waals surface area contributed by atoms with Crippen molar-refractivity contribution in [2.45, 2.75) is 0 Å². The summed E-state index contributed by atoms with van der Waals surface area (Å²) >= 11 is 1.21. The van der Waals surface area contributed by atoms with Gasteiger partial charge in [0.05, 0.1) is 4.91 Å². The van der Waals surface area contributed by atoms with Crippen LogP contribution in [0.4, 0.5) is 5.69 Å². The highest BCUT2D eigenvalue weighted by molar-refractivity contribution is 8.18. The number of hydrogen-bond donors (Lipinski definition) is 2. The molecular formula is C19H16N2O5S. The molecule has 1 aliphatic heterocycles. The molecule has 3 rings (SSSR count). The fraction of sp³-hybridized carbons (Fsp3) is 0.105. The fourth-order valence-corrected chi connectivity index (χ4v) is 3.23. The summed E-state index contributed by atoms with van der Waals surface area (Å²) in [4.78, 5) is 29.2. The zero-order chi connectivity index (χ0) is 19.4. The molecule has 138 valence electrons. The molecule has 0 saturated heterocycles. The van der Waals surface area contributed by atoms with Gasteiger partial charge < -0.3 is 19.8 Å². The van der Waals surface area contributed by atoms with Gasteiger partial charge in [0.15, 0.2) is 11.8 Å². The molecule has 0 radical (unpaired) electrons. The highest BCUT2D eigenvalue weighted by Gasteiger charge is 2.25. The first kappa shape index (κ1) is 18.5. The van der Waals surface area contributed by atoms with Gasteiger partial charge in [0.2, 0.25) is 0 Å². The number of benzene rings is 2. The number of hydrogen-bond acceptors (Lipinski definition) is 6. The van der Waals surface area contributed by atoms with Gasteiger partial charge >= 0.3 is 5.97 Å². The average Bonchev–Trinajstić information content (AvgIpc) is 3.01. The zero-order valence-corrected chi connectivity index (χ0v) is 15.1. The molecule has 1 amide bonds. The predicted octanol–water partition coefficient (Wildman–Crippen LogP) is 2.96. The molecule has 2 N–H and O–H groups in total. The van der Waals surface area contributed by atoms with E-state index < -0.39 is 12.6 Å². The first-order valence-corrected chi connectivity index (χ1v) is 8.74. The van der Waals surface area contributed by atoms with Crippen LogP contribution in [0.2, 0.25) is 0 Å². The summed E-state index contributed by atoms with van der Waals surface area (Å²) in [6.07, 6.45) is 1.63. The largest absolute Gasteiger partial charge is 0.508 e. The number of phenols is 1. The minimum Gasteiger partial charge on any atom is -0.508 e. The Bertz CT molecular complexity index is 937. The fourth-order valence-electron chi connectivity index (χ4n) is 2.34. The van der Waals surface area contributed by atoms with Gasteiger partial charge in [0.1, 0.15) is 11.5 Å². The molecule has 0 bridgehead atoms. The van der Waals surface area contributed by atoms with Crippen LogP contribution in [0.1, 0.15) is 5.56 Å². The van der Waals surface area contributed by atoms with E-state index in [0.29, 0.717) is 21.4 Å². The Morgan fingerprint density at radius 2 is 1.93 bits per heavy atom. The summed E-state index contributed by atoms with van der Waals surface area (Å²) in [5, 5.41) is 18.7. The van der Waals surface area contributed by atoms with E-state index >= 15 is 0 Å². The number of aliphatic carboxylic acids is 1. The van der Waals surface area contributed by atoms with Gasteiger partial charge in [0.25, 0.3) is 5.91 Å². The van der Waals surface area contributed by atoms with E-state index in [1.807, 2.05) is 0 Å². The molecule has 0 fully saturated rings. The van der Waals surface area contributed by atoms with Crippen molar-refractivity contribution in [1.82, 2.24) is 0 Å². The van der Waals surface area contributed by atoms with Crippen LogP contribution >= 0.6 is 11.8 Å². The molecule has 0 aromatic heterocycles. The van der Waals surface area contributed by atoms with Gasteiger partial charge in [-0.05, 0) is 48.2 Å². The molecule has 0 saturated carbocycles. The van der Waals surface area contributed by atoms with E-state index in [9.17, 15) is 14.7 Å². The topological polar surface area (TPSA) is 99.4 Å².